The van der Waals surface area contributed by atoms with Crippen LogP contribution in [0.15, 0.2) is 47.5 Å². The molecule has 2 heterocycles. The lowest BCUT2D eigenvalue weighted by molar-refractivity contribution is 0.396. The molecule has 1 fully saturated rings. The Morgan fingerprint density at radius 2 is 1.86 bits per heavy atom. The van der Waals surface area contributed by atoms with Crippen LogP contribution in [0, 0.1) is 13.8 Å². The largest absolute Gasteiger partial charge is 0.262 e. The molecule has 0 bridgehead atoms. The normalized spacial score (nSPS) is 19.5. The average molecular weight is 316 g/mol. The number of nitrogens with zero attached hydrogens (tertiary/aromatic N) is 2. The van der Waals surface area contributed by atoms with E-state index in [0.29, 0.717) is 11.4 Å². The van der Waals surface area contributed by atoms with Crippen molar-refractivity contribution in [3.05, 3.63) is 59.4 Å². The van der Waals surface area contributed by atoms with Crippen LogP contribution in [0.2, 0.25) is 0 Å². The molecule has 0 radical (unpaired) electrons. The van der Waals surface area contributed by atoms with Gasteiger partial charge in [0.1, 0.15) is 0 Å². The van der Waals surface area contributed by atoms with E-state index in [9.17, 15) is 8.42 Å². The predicted octanol–water partition coefficient (Wildman–Crippen LogP) is 3.22. The monoisotopic (exact) mass is 316 g/mol. The highest BCUT2D eigenvalue weighted by Crippen LogP contribution is 2.36. The minimum atomic E-state index is -3.45. The zero-order chi connectivity index (χ0) is 15.7. The van der Waals surface area contributed by atoms with Gasteiger partial charge in [-0.2, -0.15) is 4.31 Å². The van der Waals surface area contributed by atoms with Crippen LogP contribution >= 0.6 is 0 Å². The van der Waals surface area contributed by atoms with Gasteiger partial charge in [-0.25, -0.2) is 8.42 Å². The van der Waals surface area contributed by atoms with Crippen molar-refractivity contribution in [3.63, 3.8) is 0 Å². The van der Waals surface area contributed by atoms with Crippen LogP contribution < -0.4 is 0 Å². The second-order valence-electron chi connectivity index (χ2n) is 5.82. The van der Waals surface area contributed by atoms with Crippen molar-refractivity contribution in [2.75, 3.05) is 6.54 Å². The molecule has 116 valence electrons. The van der Waals surface area contributed by atoms with Gasteiger partial charge in [-0.3, -0.25) is 4.98 Å². The summed E-state index contributed by atoms with van der Waals surface area (Å²) in [6.07, 6.45) is 3.49. The molecule has 3 rings (SSSR count). The molecule has 0 amide bonds. The Labute approximate surface area is 131 Å². The summed E-state index contributed by atoms with van der Waals surface area (Å²) >= 11 is 0. The maximum absolute atomic E-state index is 12.9. The summed E-state index contributed by atoms with van der Waals surface area (Å²) in [5.74, 6) is 0. The molecule has 1 aromatic heterocycles. The third-order valence-corrected chi connectivity index (χ3v) is 6.06. The predicted molar refractivity (Wildman–Crippen MR) is 86.0 cm³/mol. The molecule has 1 atom stereocenters. The van der Waals surface area contributed by atoms with E-state index in [4.69, 9.17) is 0 Å². The van der Waals surface area contributed by atoms with Crippen molar-refractivity contribution < 1.29 is 8.42 Å². The number of hydrogen-bond acceptors (Lipinski definition) is 3. The second kappa shape index (κ2) is 5.82. The first-order valence-electron chi connectivity index (χ1n) is 7.49. The molecule has 0 unspecified atom stereocenters. The number of aryl methyl sites for hydroxylation is 2. The van der Waals surface area contributed by atoms with Gasteiger partial charge in [-0.1, -0.05) is 17.7 Å². The highest BCUT2D eigenvalue weighted by Gasteiger charge is 2.36. The summed E-state index contributed by atoms with van der Waals surface area (Å²) in [5, 5.41) is 0. The summed E-state index contributed by atoms with van der Waals surface area (Å²) in [5.41, 5.74) is 3.00. The molecule has 0 aliphatic carbocycles. The average Bonchev–Trinajstić information content (AvgIpc) is 2.98. The quantitative estimate of drug-likeness (QED) is 0.873. The number of rotatable bonds is 3. The molecule has 0 N–H and O–H groups in total. The minimum Gasteiger partial charge on any atom is -0.262 e. The SMILES string of the molecule is Cc1ccc(S(=O)(=O)N2CCC[C@H]2c2ccnc(C)c2)cc1. The van der Waals surface area contributed by atoms with Crippen LogP contribution in [0.4, 0.5) is 0 Å². The van der Waals surface area contributed by atoms with Crippen LogP contribution in [0.25, 0.3) is 0 Å². The Morgan fingerprint density at radius 3 is 2.55 bits per heavy atom. The lowest BCUT2D eigenvalue weighted by atomic mass is 10.1. The van der Waals surface area contributed by atoms with Crippen molar-refractivity contribution in [2.45, 2.75) is 37.6 Å². The van der Waals surface area contributed by atoms with E-state index in [1.54, 1.807) is 22.6 Å². The highest BCUT2D eigenvalue weighted by molar-refractivity contribution is 7.89. The number of benzene rings is 1. The maximum atomic E-state index is 12.9. The van der Waals surface area contributed by atoms with Gasteiger partial charge in [-0.05, 0) is 56.5 Å². The zero-order valence-electron chi connectivity index (χ0n) is 12.9. The van der Waals surface area contributed by atoms with Gasteiger partial charge in [0.25, 0.3) is 0 Å². The number of aromatic nitrogens is 1. The standard InChI is InChI=1S/C17H20N2O2S/c1-13-5-7-16(8-6-13)22(20,21)19-11-3-4-17(19)15-9-10-18-14(2)12-15/h5-10,12,17H,3-4,11H2,1-2H3/t17-/m0/s1. The molecule has 0 saturated carbocycles. The Bertz CT molecular complexity index is 770. The third kappa shape index (κ3) is 2.78. The van der Waals surface area contributed by atoms with Crippen molar-refractivity contribution in [3.8, 4) is 0 Å². The van der Waals surface area contributed by atoms with Crippen LogP contribution in [-0.4, -0.2) is 24.3 Å². The fraction of sp³-hybridized carbons (Fsp3) is 0.353. The molecule has 1 saturated heterocycles. The first-order valence-corrected chi connectivity index (χ1v) is 8.93. The van der Waals surface area contributed by atoms with Gasteiger partial charge in [-0.15, -0.1) is 0 Å². The topological polar surface area (TPSA) is 50.3 Å². The Hall–Kier alpha value is -1.72. The van der Waals surface area contributed by atoms with E-state index in [-0.39, 0.29) is 6.04 Å². The fourth-order valence-electron chi connectivity index (χ4n) is 2.98. The van der Waals surface area contributed by atoms with Gasteiger partial charge in [0.05, 0.1) is 10.9 Å². The Morgan fingerprint density at radius 1 is 1.14 bits per heavy atom. The summed E-state index contributed by atoms with van der Waals surface area (Å²) < 4.78 is 27.5. The smallest absolute Gasteiger partial charge is 0.243 e. The molecule has 2 aromatic rings. The van der Waals surface area contributed by atoms with Gasteiger partial charge >= 0.3 is 0 Å². The minimum absolute atomic E-state index is 0.0898. The van der Waals surface area contributed by atoms with E-state index in [0.717, 1.165) is 29.7 Å². The molecule has 22 heavy (non-hydrogen) atoms. The van der Waals surface area contributed by atoms with Gasteiger partial charge < -0.3 is 0 Å². The molecule has 5 heteroatoms. The van der Waals surface area contributed by atoms with Crippen LogP contribution in [-0.2, 0) is 10.0 Å². The third-order valence-electron chi connectivity index (χ3n) is 4.14. The van der Waals surface area contributed by atoms with Crippen LogP contribution in [0.3, 0.4) is 0 Å². The zero-order valence-corrected chi connectivity index (χ0v) is 13.7. The first kappa shape index (κ1) is 15.2. The summed E-state index contributed by atoms with van der Waals surface area (Å²) in [4.78, 5) is 4.57. The number of pyridine rings is 1. The van der Waals surface area contributed by atoms with Crippen molar-refractivity contribution in [1.82, 2.24) is 9.29 Å². The van der Waals surface area contributed by atoms with Crippen molar-refractivity contribution >= 4 is 10.0 Å². The molecule has 1 aliphatic rings. The number of sulfonamides is 1. The van der Waals surface area contributed by atoms with Crippen LogP contribution in [0.5, 0.6) is 0 Å². The molecular weight excluding hydrogens is 296 g/mol. The Balaban J connectivity index is 1.97. The van der Waals surface area contributed by atoms with E-state index >= 15 is 0 Å². The van der Waals surface area contributed by atoms with E-state index < -0.39 is 10.0 Å². The molecule has 4 nitrogen and oxygen atoms in total. The summed E-state index contributed by atoms with van der Waals surface area (Å²) in [7, 11) is -3.45. The fourth-order valence-corrected chi connectivity index (χ4v) is 4.66. The van der Waals surface area contributed by atoms with Crippen LogP contribution in [0.1, 0.15) is 35.7 Å². The molecule has 1 aromatic carbocycles. The first-order chi connectivity index (χ1) is 10.5. The van der Waals surface area contributed by atoms with E-state index in [1.807, 2.05) is 38.1 Å². The lowest BCUT2D eigenvalue weighted by Gasteiger charge is -2.24. The van der Waals surface area contributed by atoms with E-state index in [2.05, 4.69) is 4.98 Å². The highest BCUT2D eigenvalue weighted by atomic mass is 32.2. The Kier molecular flexibility index (Phi) is 4.02. The molecular formula is C17H20N2O2S. The van der Waals surface area contributed by atoms with Crippen molar-refractivity contribution in [2.24, 2.45) is 0 Å². The summed E-state index contributed by atoms with van der Waals surface area (Å²) in [6, 6.07) is 10.9. The summed E-state index contributed by atoms with van der Waals surface area (Å²) in [6.45, 7) is 4.45. The lowest BCUT2D eigenvalue weighted by Crippen LogP contribution is -2.30. The van der Waals surface area contributed by atoms with Gasteiger partial charge in [0.15, 0.2) is 0 Å². The maximum Gasteiger partial charge on any atom is 0.243 e. The van der Waals surface area contributed by atoms with Gasteiger partial charge in [0.2, 0.25) is 10.0 Å². The number of hydrogen-bond donors (Lipinski definition) is 0. The second-order valence-corrected chi connectivity index (χ2v) is 7.71. The van der Waals surface area contributed by atoms with Crippen molar-refractivity contribution in [1.29, 1.82) is 0 Å². The molecule has 1 aliphatic heterocycles. The molecule has 0 spiro atoms. The van der Waals surface area contributed by atoms with E-state index in [1.165, 1.54) is 0 Å². The van der Waals surface area contributed by atoms with Gasteiger partial charge in [0, 0.05) is 18.4 Å².